The van der Waals surface area contributed by atoms with E-state index < -0.39 is 11.9 Å². The summed E-state index contributed by atoms with van der Waals surface area (Å²) in [5.41, 5.74) is 3.38. The van der Waals surface area contributed by atoms with Gasteiger partial charge in [0.15, 0.2) is 0 Å². The molecule has 0 saturated carbocycles. The molecule has 1 aromatic rings. The number of rotatable bonds is 3. The Kier molecular flexibility index (Phi) is 5.41. The van der Waals surface area contributed by atoms with Crippen molar-refractivity contribution in [3.63, 3.8) is 0 Å². The van der Waals surface area contributed by atoms with Crippen LogP contribution in [0.2, 0.25) is 0 Å². The number of halogens is 1. The number of hydrogen-bond acceptors (Lipinski definition) is 7. The van der Waals surface area contributed by atoms with Crippen LogP contribution in [0.15, 0.2) is 27.9 Å². The summed E-state index contributed by atoms with van der Waals surface area (Å²) in [5.74, 6) is -1.20. The number of hydrogen-bond donors (Lipinski definition) is 1. The molecule has 25 heavy (non-hydrogen) atoms. The van der Waals surface area contributed by atoms with Gasteiger partial charge in [0.1, 0.15) is 12.4 Å². The van der Waals surface area contributed by atoms with E-state index in [1.165, 1.54) is 19.8 Å². The molecule has 0 aromatic heterocycles. The number of nitrogens with one attached hydrogen (secondary N) is 1. The van der Waals surface area contributed by atoms with Gasteiger partial charge in [-0.1, -0.05) is 15.9 Å². The molecule has 134 valence electrons. The molecule has 0 radical (unpaired) electrons. The second-order valence-electron chi connectivity index (χ2n) is 5.67. The quantitative estimate of drug-likeness (QED) is 0.756. The molecule has 2 heterocycles. The van der Waals surface area contributed by atoms with Crippen molar-refractivity contribution in [1.82, 2.24) is 5.32 Å². The topological polar surface area (TPSA) is 77.1 Å². The zero-order valence-electron chi connectivity index (χ0n) is 14.1. The molecule has 0 spiro atoms. The summed E-state index contributed by atoms with van der Waals surface area (Å²) in [6, 6.07) is 3.85. The van der Waals surface area contributed by atoms with Gasteiger partial charge < -0.3 is 24.4 Å². The molecule has 7 nitrogen and oxygen atoms in total. The maximum atomic E-state index is 12.4. The lowest BCUT2D eigenvalue weighted by atomic mass is 9.98. The Labute approximate surface area is 154 Å². The van der Waals surface area contributed by atoms with Gasteiger partial charge in [0.2, 0.25) is 0 Å². The number of benzene rings is 1. The smallest absolute Gasteiger partial charge is 0.355 e. The van der Waals surface area contributed by atoms with Crippen molar-refractivity contribution in [1.29, 1.82) is 0 Å². The van der Waals surface area contributed by atoms with Gasteiger partial charge in [0.25, 0.3) is 0 Å². The minimum atomic E-state index is -0.603. The van der Waals surface area contributed by atoms with Gasteiger partial charge in [-0.25, -0.2) is 9.59 Å². The summed E-state index contributed by atoms with van der Waals surface area (Å²) in [5, 5.41) is 3.34. The van der Waals surface area contributed by atoms with E-state index in [0.717, 1.165) is 28.7 Å². The summed E-state index contributed by atoms with van der Waals surface area (Å²) in [7, 11) is 2.56. The normalized spacial score (nSPS) is 17.2. The minimum Gasteiger partial charge on any atom is -0.466 e. The lowest BCUT2D eigenvalue weighted by Crippen LogP contribution is -2.40. The van der Waals surface area contributed by atoms with Gasteiger partial charge >= 0.3 is 11.9 Å². The van der Waals surface area contributed by atoms with Gasteiger partial charge in [-0.15, -0.1) is 0 Å². The van der Waals surface area contributed by atoms with Crippen LogP contribution in [0.5, 0.6) is 0 Å². The van der Waals surface area contributed by atoms with Crippen LogP contribution in [-0.2, 0) is 36.8 Å². The number of nitrogens with zero attached hydrogens (tertiary/aromatic N) is 1. The number of fused-ring (bicyclic) bond motifs is 1. The summed E-state index contributed by atoms with van der Waals surface area (Å²) in [6.07, 6.45) is 0.875. The van der Waals surface area contributed by atoms with Crippen LogP contribution in [0.1, 0.15) is 11.1 Å². The maximum Gasteiger partial charge on any atom is 0.355 e. The van der Waals surface area contributed by atoms with Crippen LogP contribution in [0, 0.1) is 0 Å². The van der Waals surface area contributed by atoms with Crippen molar-refractivity contribution in [2.75, 3.05) is 39.0 Å². The number of ether oxygens (including phenoxy) is 3. The molecule has 2 aliphatic rings. The molecule has 2 aliphatic heterocycles. The van der Waals surface area contributed by atoms with Crippen LogP contribution < -0.4 is 10.2 Å². The summed E-state index contributed by atoms with van der Waals surface area (Å²) in [6.45, 7) is 1.71. The van der Waals surface area contributed by atoms with E-state index >= 15 is 0 Å². The predicted molar refractivity (Wildman–Crippen MR) is 93.9 cm³/mol. The Balaban J connectivity index is 2.15. The second kappa shape index (κ2) is 7.55. The van der Waals surface area contributed by atoms with Gasteiger partial charge in [0, 0.05) is 16.7 Å². The largest absolute Gasteiger partial charge is 0.466 e. The average molecular weight is 411 g/mol. The fourth-order valence-corrected chi connectivity index (χ4v) is 3.70. The monoisotopic (exact) mass is 410 g/mol. The van der Waals surface area contributed by atoms with Crippen LogP contribution >= 0.6 is 15.9 Å². The van der Waals surface area contributed by atoms with E-state index in [2.05, 4.69) is 21.2 Å². The highest BCUT2D eigenvalue weighted by Crippen LogP contribution is 2.35. The van der Waals surface area contributed by atoms with E-state index in [9.17, 15) is 9.59 Å². The highest BCUT2D eigenvalue weighted by atomic mass is 79.9. The van der Waals surface area contributed by atoms with Crippen LogP contribution in [0.25, 0.3) is 0 Å². The molecule has 0 atom stereocenters. The summed E-state index contributed by atoms with van der Waals surface area (Å²) in [4.78, 5) is 26.2. The third kappa shape index (κ3) is 3.29. The Morgan fingerprint density at radius 3 is 2.68 bits per heavy atom. The molecule has 1 aromatic carbocycles. The third-order valence-electron chi connectivity index (χ3n) is 4.33. The van der Waals surface area contributed by atoms with Crippen LogP contribution in [-0.4, -0.2) is 46.0 Å². The van der Waals surface area contributed by atoms with Gasteiger partial charge in [-0.3, -0.25) is 0 Å². The van der Waals surface area contributed by atoms with Crippen molar-refractivity contribution < 1.29 is 23.8 Å². The Hall–Kier alpha value is -1.90. The standard InChI is InChI=1S/C17H19BrN2O5/c1-23-16(21)12-8-25-9-20(15(12)17(22)24-2)14-4-3-13(18)10-5-6-19-7-11(10)14/h3-4,19H,5-9H2,1-2H3. The fourth-order valence-electron chi connectivity index (χ4n) is 3.13. The number of methoxy groups -OCH3 is 2. The number of esters is 2. The summed E-state index contributed by atoms with van der Waals surface area (Å²) < 4.78 is 16.3. The zero-order valence-corrected chi connectivity index (χ0v) is 15.6. The first-order valence-corrected chi connectivity index (χ1v) is 8.63. The highest BCUT2D eigenvalue weighted by molar-refractivity contribution is 9.10. The van der Waals surface area contributed by atoms with Crippen molar-refractivity contribution in [3.8, 4) is 0 Å². The van der Waals surface area contributed by atoms with Crippen LogP contribution in [0.4, 0.5) is 5.69 Å². The van der Waals surface area contributed by atoms with E-state index in [0.29, 0.717) is 6.54 Å². The Morgan fingerprint density at radius 2 is 1.96 bits per heavy atom. The molecular formula is C17H19BrN2O5. The molecule has 0 saturated heterocycles. The Bertz CT molecular complexity index is 747. The van der Waals surface area contributed by atoms with Gasteiger partial charge in [-0.05, 0) is 36.2 Å². The lowest BCUT2D eigenvalue weighted by molar-refractivity contribution is -0.140. The SMILES string of the molecule is COC(=O)C1=C(C(=O)OC)N(c2ccc(Br)c3c2CNCC3)COC1. The van der Waals surface area contributed by atoms with E-state index in [4.69, 9.17) is 14.2 Å². The molecule has 0 amide bonds. The third-order valence-corrected chi connectivity index (χ3v) is 5.07. The maximum absolute atomic E-state index is 12.4. The van der Waals surface area contributed by atoms with E-state index in [1.54, 1.807) is 4.90 Å². The highest BCUT2D eigenvalue weighted by Gasteiger charge is 2.34. The molecule has 0 fully saturated rings. The zero-order chi connectivity index (χ0) is 18.0. The first-order valence-electron chi connectivity index (χ1n) is 7.84. The van der Waals surface area contributed by atoms with Crippen LogP contribution in [0.3, 0.4) is 0 Å². The molecule has 8 heteroatoms. The number of carbonyl (C=O) groups is 2. The second-order valence-corrected chi connectivity index (χ2v) is 6.52. The molecule has 0 unspecified atom stereocenters. The van der Waals surface area contributed by atoms with Crippen molar-refractivity contribution in [2.45, 2.75) is 13.0 Å². The van der Waals surface area contributed by atoms with Crippen molar-refractivity contribution in [3.05, 3.63) is 39.0 Å². The fraction of sp³-hybridized carbons (Fsp3) is 0.412. The molecule has 0 bridgehead atoms. The Morgan fingerprint density at radius 1 is 1.20 bits per heavy atom. The molecule has 3 rings (SSSR count). The number of anilines is 1. The predicted octanol–water partition coefficient (Wildman–Crippen LogP) is 1.49. The molecule has 0 aliphatic carbocycles. The number of carbonyl (C=O) groups excluding carboxylic acids is 2. The van der Waals surface area contributed by atoms with Crippen molar-refractivity contribution >= 4 is 33.6 Å². The lowest BCUT2D eigenvalue weighted by Gasteiger charge is -2.34. The molecule has 1 N–H and O–H groups in total. The minimum absolute atomic E-state index is 0.00454. The summed E-state index contributed by atoms with van der Waals surface area (Å²) >= 11 is 3.59. The van der Waals surface area contributed by atoms with Gasteiger partial charge in [0.05, 0.1) is 26.4 Å². The van der Waals surface area contributed by atoms with E-state index in [-0.39, 0.29) is 24.6 Å². The van der Waals surface area contributed by atoms with E-state index in [1.807, 2.05) is 12.1 Å². The molecular weight excluding hydrogens is 392 g/mol. The van der Waals surface area contributed by atoms with Gasteiger partial charge in [-0.2, -0.15) is 0 Å². The first-order chi connectivity index (χ1) is 12.1. The average Bonchev–Trinajstić information content (AvgIpc) is 2.66. The first kappa shape index (κ1) is 17.9. The van der Waals surface area contributed by atoms with Crippen molar-refractivity contribution in [2.24, 2.45) is 0 Å².